The summed E-state index contributed by atoms with van der Waals surface area (Å²) in [5.41, 5.74) is 1.71. The van der Waals surface area contributed by atoms with E-state index in [9.17, 15) is 9.59 Å². The number of esters is 1. The summed E-state index contributed by atoms with van der Waals surface area (Å²) >= 11 is 7.45. The number of carbonyl (C=O) groups is 2. The summed E-state index contributed by atoms with van der Waals surface area (Å²) in [7, 11) is 0. The molecule has 0 unspecified atom stereocenters. The molecule has 2 aliphatic rings. The van der Waals surface area contributed by atoms with Crippen LogP contribution in [-0.2, 0) is 14.3 Å². The molecule has 0 spiro atoms. The van der Waals surface area contributed by atoms with Crippen LogP contribution >= 0.6 is 23.4 Å². The van der Waals surface area contributed by atoms with Crippen LogP contribution in [0, 0.1) is 0 Å². The molecule has 0 radical (unpaired) electrons. The molecule has 136 valence electrons. The van der Waals surface area contributed by atoms with Crippen molar-refractivity contribution in [3.63, 3.8) is 0 Å². The summed E-state index contributed by atoms with van der Waals surface area (Å²) in [6.07, 6.45) is 2.20. The zero-order valence-electron chi connectivity index (χ0n) is 14.6. The summed E-state index contributed by atoms with van der Waals surface area (Å²) in [4.78, 5) is 31.7. The van der Waals surface area contributed by atoms with E-state index in [0.29, 0.717) is 27.9 Å². The average Bonchev–Trinajstić information content (AvgIpc) is 2.94. The molecule has 7 heteroatoms. The van der Waals surface area contributed by atoms with E-state index in [1.54, 1.807) is 24.0 Å². The van der Waals surface area contributed by atoms with Crippen LogP contribution in [0.5, 0.6) is 0 Å². The molecule has 2 aliphatic heterocycles. The Kier molecular flexibility index (Phi) is 5.53. The molecule has 0 bridgehead atoms. The number of rotatable bonds is 5. The van der Waals surface area contributed by atoms with Crippen LogP contribution in [0.2, 0.25) is 5.02 Å². The summed E-state index contributed by atoms with van der Waals surface area (Å²) in [6, 6.07) is 6.56. The Morgan fingerprint density at radius 2 is 2.12 bits per heavy atom. The van der Waals surface area contributed by atoms with Crippen LogP contribution in [0.15, 0.2) is 53.2 Å². The van der Waals surface area contributed by atoms with Crippen LogP contribution < -0.4 is 0 Å². The predicted molar refractivity (Wildman–Crippen MR) is 104 cm³/mol. The first-order valence-electron chi connectivity index (χ1n) is 8.30. The Bertz CT molecular complexity index is 817. The SMILES string of the molecule is C=CCOC(=O)C1=C(C)N=C2S[C@H](CC)C(=O)N2[C@H]1c1ccc(Cl)cc1. The van der Waals surface area contributed by atoms with E-state index in [0.717, 1.165) is 5.56 Å². The quantitative estimate of drug-likeness (QED) is 0.560. The number of amides is 1. The first-order chi connectivity index (χ1) is 12.5. The second-order valence-corrected chi connectivity index (χ2v) is 7.56. The molecule has 2 heterocycles. The number of allylic oxidation sites excluding steroid dienone is 1. The number of hydrogen-bond donors (Lipinski definition) is 0. The molecular weight excluding hydrogens is 372 g/mol. The molecule has 1 saturated heterocycles. The van der Waals surface area contributed by atoms with Gasteiger partial charge in [-0.15, -0.1) is 0 Å². The van der Waals surface area contributed by atoms with Gasteiger partial charge in [0.15, 0.2) is 5.17 Å². The normalized spacial score (nSPS) is 22.2. The Morgan fingerprint density at radius 1 is 1.42 bits per heavy atom. The molecule has 1 amide bonds. The maximum Gasteiger partial charge on any atom is 0.338 e. The lowest BCUT2D eigenvalue weighted by molar-refractivity contribution is -0.139. The van der Waals surface area contributed by atoms with E-state index in [-0.39, 0.29) is 17.8 Å². The smallest absolute Gasteiger partial charge is 0.338 e. The van der Waals surface area contributed by atoms with Crippen molar-refractivity contribution in [3.8, 4) is 0 Å². The van der Waals surface area contributed by atoms with Crippen molar-refractivity contribution < 1.29 is 14.3 Å². The monoisotopic (exact) mass is 390 g/mol. The molecule has 0 saturated carbocycles. The van der Waals surface area contributed by atoms with Crippen molar-refractivity contribution in [2.45, 2.75) is 31.6 Å². The third kappa shape index (κ3) is 3.31. The highest BCUT2D eigenvalue weighted by Crippen LogP contribution is 2.44. The number of nitrogens with zero attached hydrogens (tertiary/aromatic N) is 2. The number of carbonyl (C=O) groups excluding carboxylic acids is 2. The molecule has 26 heavy (non-hydrogen) atoms. The maximum absolute atomic E-state index is 12.9. The highest BCUT2D eigenvalue weighted by molar-refractivity contribution is 8.15. The lowest BCUT2D eigenvalue weighted by atomic mass is 9.94. The van der Waals surface area contributed by atoms with E-state index in [1.165, 1.54) is 17.8 Å². The topological polar surface area (TPSA) is 59.0 Å². The minimum Gasteiger partial charge on any atom is -0.458 e. The maximum atomic E-state index is 12.9. The van der Waals surface area contributed by atoms with E-state index >= 15 is 0 Å². The van der Waals surface area contributed by atoms with Gasteiger partial charge in [-0.25, -0.2) is 9.79 Å². The first-order valence-corrected chi connectivity index (χ1v) is 9.56. The number of amidine groups is 1. The minimum absolute atomic E-state index is 0.0438. The van der Waals surface area contributed by atoms with Gasteiger partial charge in [-0.1, -0.05) is 55.1 Å². The van der Waals surface area contributed by atoms with Crippen molar-refractivity contribution in [1.82, 2.24) is 4.90 Å². The molecule has 1 fully saturated rings. The molecular formula is C19H19ClN2O3S. The fourth-order valence-electron chi connectivity index (χ4n) is 3.02. The van der Waals surface area contributed by atoms with Gasteiger partial charge in [-0.05, 0) is 31.0 Å². The largest absolute Gasteiger partial charge is 0.458 e. The number of fused-ring (bicyclic) bond motifs is 1. The van der Waals surface area contributed by atoms with E-state index in [1.807, 2.05) is 19.1 Å². The van der Waals surface area contributed by atoms with Crippen molar-refractivity contribution >= 4 is 40.4 Å². The van der Waals surface area contributed by atoms with Crippen LogP contribution in [-0.4, -0.2) is 33.8 Å². The van der Waals surface area contributed by atoms with Crippen LogP contribution in [0.25, 0.3) is 0 Å². The van der Waals surface area contributed by atoms with Crippen molar-refractivity contribution in [1.29, 1.82) is 0 Å². The molecule has 3 rings (SSSR count). The highest BCUT2D eigenvalue weighted by Gasteiger charge is 2.47. The average molecular weight is 391 g/mol. The van der Waals surface area contributed by atoms with Gasteiger partial charge in [0.2, 0.25) is 5.91 Å². The van der Waals surface area contributed by atoms with Crippen LogP contribution in [0.3, 0.4) is 0 Å². The molecule has 0 aromatic heterocycles. The number of aliphatic imine (C=N–C) groups is 1. The molecule has 2 atom stereocenters. The Hall–Kier alpha value is -2.05. The highest BCUT2D eigenvalue weighted by atomic mass is 35.5. The standard InChI is InChI=1S/C19H19ClN2O3S/c1-4-10-25-18(24)15-11(3)21-19-22(17(23)14(5-2)26-19)16(15)12-6-8-13(20)9-7-12/h4,6-9,14,16H,1,5,10H2,2-3H3/t14-,16+/m1/s1. The van der Waals surface area contributed by atoms with E-state index < -0.39 is 12.0 Å². The summed E-state index contributed by atoms with van der Waals surface area (Å²) < 4.78 is 5.26. The van der Waals surface area contributed by atoms with Gasteiger partial charge in [0.1, 0.15) is 6.61 Å². The molecule has 1 aromatic carbocycles. The van der Waals surface area contributed by atoms with Crippen molar-refractivity contribution in [2.75, 3.05) is 6.61 Å². The van der Waals surface area contributed by atoms with Crippen LogP contribution in [0.1, 0.15) is 31.9 Å². The fraction of sp³-hybridized carbons (Fsp3) is 0.316. The second-order valence-electron chi connectivity index (χ2n) is 5.96. The zero-order valence-corrected chi connectivity index (χ0v) is 16.1. The van der Waals surface area contributed by atoms with Crippen molar-refractivity contribution in [2.24, 2.45) is 4.99 Å². The van der Waals surface area contributed by atoms with Gasteiger partial charge < -0.3 is 4.74 Å². The van der Waals surface area contributed by atoms with Gasteiger partial charge in [0.05, 0.1) is 22.6 Å². The number of hydrogen-bond acceptors (Lipinski definition) is 5. The summed E-state index contributed by atoms with van der Waals surface area (Å²) in [6.45, 7) is 7.39. The molecule has 0 N–H and O–H groups in total. The Morgan fingerprint density at radius 3 is 2.73 bits per heavy atom. The van der Waals surface area contributed by atoms with Gasteiger partial charge in [0, 0.05) is 5.02 Å². The Labute approximate surface area is 161 Å². The zero-order chi connectivity index (χ0) is 18.8. The fourth-order valence-corrected chi connectivity index (χ4v) is 4.28. The molecule has 5 nitrogen and oxygen atoms in total. The number of thioether (sulfide) groups is 1. The minimum atomic E-state index is -0.575. The van der Waals surface area contributed by atoms with E-state index in [2.05, 4.69) is 11.6 Å². The molecule has 1 aromatic rings. The van der Waals surface area contributed by atoms with E-state index in [4.69, 9.17) is 16.3 Å². The third-order valence-corrected chi connectivity index (χ3v) is 5.83. The summed E-state index contributed by atoms with van der Waals surface area (Å²) in [5, 5.41) is 1.02. The lowest BCUT2D eigenvalue weighted by Crippen LogP contribution is -2.40. The van der Waals surface area contributed by atoms with Gasteiger partial charge in [-0.2, -0.15) is 0 Å². The Balaban J connectivity index is 2.10. The predicted octanol–water partition coefficient (Wildman–Crippen LogP) is 4.11. The number of benzene rings is 1. The van der Waals surface area contributed by atoms with Gasteiger partial charge >= 0.3 is 5.97 Å². The van der Waals surface area contributed by atoms with Crippen LogP contribution in [0.4, 0.5) is 0 Å². The van der Waals surface area contributed by atoms with Gasteiger partial charge in [-0.3, -0.25) is 9.69 Å². The van der Waals surface area contributed by atoms with Gasteiger partial charge in [0.25, 0.3) is 0 Å². The third-order valence-electron chi connectivity index (χ3n) is 4.26. The summed E-state index contributed by atoms with van der Waals surface area (Å²) in [5.74, 6) is -0.541. The lowest BCUT2D eigenvalue weighted by Gasteiger charge is -2.33. The molecule has 0 aliphatic carbocycles. The number of halogens is 1. The first kappa shape index (κ1) is 18.7. The second kappa shape index (κ2) is 7.68. The number of ether oxygens (including phenoxy) is 1. The van der Waals surface area contributed by atoms with Crippen molar-refractivity contribution in [3.05, 3.63) is 58.8 Å².